The van der Waals surface area contributed by atoms with Gasteiger partial charge in [0, 0.05) is 23.9 Å². The summed E-state index contributed by atoms with van der Waals surface area (Å²) in [6.45, 7) is 3.70. The molecule has 0 spiro atoms. The Kier molecular flexibility index (Phi) is 6.30. The quantitative estimate of drug-likeness (QED) is 0.598. The third-order valence-corrected chi connectivity index (χ3v) is 5.36. The van der Waals surface area contributed by atoms with Crippen LogP contribution in [0.25, 0.3) is 11.4 Å². The molecule has 0 unspecified atom stereocenters. The van der Waals surface area contributed by atoms with Gasteiger partial charge in [-0.25, -0.2) is 19.7 Å². The second-order valence-electron chi connectivity index (χ2n) is 6.31. The first-order valence-corrected chi connectivity index (χ1v) is 9.67. The largest absolute Gasteiger partial charge is 0.464 e. The molecule has 0 radical (unpaired) electrons. The Balaban J connectivity index is 1.79. The van der Waals surface area contributed by atoms with Crippen molar-refractivity contribution in [1.29, 1.82) is 0 Å². The Hall–Kier alpha value is -3.17. The summed E-state index contributed by atoms with van der Waals surface area (Å²) in [6, 6.07) is 6.67. The summed E-state index contributed by atoms with van der Waals surface area (Å²) >= 11 is 1.35. The SMILES string of the molecule is COC(=O)c1ccnc(-c2ccc(C)c(C(=O)NC[C@@H](O)c3scnc3C)c2)n1. The van der Waals surface area contributed by atoms with Gasteiger partial charge in [0.25, 0.3) is 5.91 Å². The van der Waals surface area contributed by atoms with Gasteiger partial charge < -0.3 is 15.2 Å². The minimum absolute atomic E-state index is 0.0693. The lowest BCUT2D eigenvalue weighted by molar-refractivity contribution is 0.0593. The number of esters is 1. The van der Waals surface area contributed by atoms with E-state index in [9.17, 15) is 14.7 Å². The van der Waals surface area contributed by atoms with Crippen LogP contribution in [-0.4, -0.2) is 45.6 Å². The van der Waals surface area contributed by atoms with Crippen LogP contribution in [0.4, 0.5) is 0 Å². The fourth-order valence-electron chi connectivity index (χ4n) is 2.73. The summed E-state index contributed by atoms with van der Waals surface area (Å²) in [5.41, 5.74) is 4.32. The molecule has 1 aromatic carbocycles. The van der Waals surface area contributed by atoms with Gasteiger partial charge >= 0.3 is 5.97 Å². The van der Waals surface area contributed by atoms with E-state index in [1.54, 1.807) is 23.7 Å². The van der Waals surface area contributed by atoms with Crippen LogP contribution in [0.15, 0.2) is 36.0 Å². The zero-order valence-corrected chi connectivity index (χ0v) is 17.0. The van der Waals surface area contributed by atoms with Gasteiger partial charge in [-0.05, 0) is 31.5 Å². The number of aliphatic hydroxyl groups excluding tert-OH is 1. The number of nitrogens with zero attached hydrogens (tertiary/aromatic N) is 3. The summed E-state index contributed by atoms with van der Waals surface area (Å²) in [7, 11) is 1.28. The summed E-state index contributed by atoms with van der Waals surface area (Å²) in [5, 5.41) is 13.0. The maximum absolute atomic E-state index is 12.7. The van der Waals surface area contributed by atoms with Crippen molar-refractivity contribution in [1.82, 2.24) is 20.3 Å². The van der Waals surface area contributed by atoms with Crippen LogP contribution < -0.4 is 5.32 Å². The number of methoxy groups -OCH3 is 1. The highest BCUT2D eigenvalue weighted by atomic mass is 32.1. The van der Waals surface area contributed by atoms with E-state index in [1.165, 1.54) is 30.7 Å². The highest BCUT2D eigenvalue weighted by molar-refractivity contribution is 7.09. The average Bonchev–Trinajstić information content (AvgIpc) is 3.17. The lowest BCUT2D eigenvalue weighted by atomic mass is 10.0. The minimum Gasteiger partial charge on any atom is -0.464 e. The molecular formula is C20H20N4O4S. The first-order valence-electron chi connectivity index (χ1n) is 8.79. The molecule has 2 heterocycles. The standard InChI is InChI=1S/C20H20N4O4S/c1-11-4-5-13(18-21-7-6-15(24-18)20(27)28-3)8-14(11)19(26)22-9-16(25)17-12(2)23-10-29-17/h4-8,10,16,25H,9H2,1-3H3,(H,22,26)/t16-/m1/s1. The molecular weight excluding hydrogens is 392 g/mol. The molecule has 1 atom stereocenters. The predicted octanol–water partition coefficient (Wildman–Crippen LogP) is 2.47. The second-order valence-corrected chi connectivity index (χ2v) is 7.20. The Morgan fingerprint density at radius 3 is 2.72 bits per heavy atom. The average molecular weight is 412 g/mol. The van der Waals surface area contributed by atoms with E-state index in [4.69, 9.17) is 0 Å². The van der Waals surface area contributed by atoms with E-state index in [0.29, 0.717) is 17.0 Å². The zero-order chi connectivity index (χ0) is 21.0. The van der Waals surface area contributed by atoms with Crippen LogP contribution in [-0.2, 0) is 4.74 Å². The molecule has 150 valence electrons. The van der Waals surface area contributed by atoms with Crippen molar-refractivity contribution in [3.63, 3.8) is 0 Å². The lowest BCUT2D eigenvalue weighted by Crippen LogP contribution is -2.29. The Bertz CT molecular complexity index is 1050. The molecule has 3 aromatic rings. The van der Waals surface area contributed by atoms with Crippen molar-refractivity contribution in [3.8, 4) is 11.4 Å². The van der Waals surface area contributed by atoms with E-state index < -0.39 is 12.1 Å². The molecule has 8 nitrogen and oxygen atoms in total. The predicted molar refractivity (Wildman–Crippen MR) is 108 cm³/mol. The number of nitrogens with one attached hydrogen (secondary N) is 1. The number of carbonyl (C=O) groups is 2. The number of thiazole rings is 1. The number of hydrogen-bond donors (Lipinski definition) is 2. The molecule has 0 aliphatic rings. The number of carbonyl (C=O) groups excluding carboxylic acids is 2. The number of rotatable bonds is 6. The summed E-state index contributed by atoms with van der Waals surface area (Å²) in [4.78, 5) is 37.6. The van der Waals surface area contributed by atoms with Crippen molar-refractivity contribution in [2.24, 2.45) is 0 Å². The van der Waals surface area contributed by atoms with E-state index in [-0.39, 0.29) is 18.1 Å². The monoisotopic (exact) mass is 412 g/mol. The number of ether oxygens (including phenoxy) is 1. The zero-order valence-electron chi connectivity index (χ0n) is 16.2. The molecule has 0 aliphatic carbocycles. The van der Waals surface area contributed by atoms with Gasteiger partial charge in [0.2, 0.25) is 0 Å². The summed E-state index contributed by atoms with van der Waals surface area (Å²) in [6.07, 6.45) is 0.636. The van der Waals surface area contributed by atoms with Gasteiger partial charge in [-0.15, -0.1) is 11.3 Å². The second kappa shape index (κ2) is 8.89. The van der Waals surface area contributed by atoms with E-state index in [1.807, 2.05) is 13.8 Å². The van der Waals surface area contributed by atoms with Gasteiger partial charge in [-0.1, -0.05) is 12.1 Å². The summed E-state index contributed by atoms with van der Waals surface area (Å²) in [5.74, 6) is -0.581. The smallest absolute Gasteiger partial charge is 0.356 e. The minimum atomic E-state index is -0.824. The molecule has 3 rings (SSSR count). The fraction of sp³-hybridized carbons (Fsp3) is 0.250. The molecule has 29 heavy (non-hydrogen) atoms. The molecule has 0 saturated carbocycles. The molecule has 9 heteroatoms. The van der Waals surface area contributed by atoms with Gasteiger partial charge in [-0.3, -0.25) is 4.79 Å². The molecule has 0 bridgehead atoms. The number of hydrogen-bond acceptors (Lipinski definition) is 8. The number of amides is 1. The first-order chi connectivity index (χ1) is 13.9. The third kappa shape index (κ3) is 4.64. The molecule has 2 aromatic heterocycles. The Morgan fingerprint density at radius 1 is 1.24 bits per heavy atom. The van der Waals surface area contributed by atoms with Crippen LogP contribution >= 0.6 is 11.3 Å². The lowest BCUT2D eigenvalue weighted by Gasteiger charge is -2.13. The molecule has 0 fully saturated rings. The number of aromatic nitrogens is 3. The highest BCUT2D eigenvalue weighted by Gasteiger charge is 2.17. The molecule has 2 N–H and O–H groups in total. The van der Waals surface area contributed by atoms with Gasteiger partial charge in [-0.2, -0.15) is 0 Å². The maximum atomic E-state index is 12.7. The van der Waals surface area contributed by atoms with E-state index >= 15 is 0 Å². The highest BCUT2D eigenvalue weighted by Crippen LogP contribution is 2.22. The van der Waals surface area contributed by atoms with Crippen molar-refractivity contribution in [2.75, 3.05) is 13.7 Å². The molecule has 0 saturated heterocycles. The summed E-state index contributed by atoms with van der Waals surface area (Å²) < 4.78 is 4.68. The number of aryl methyl sites for hydroxylation is 2. The van der Waals surface area contributed by atoms with Crippen LogP contribution in [0.5, 0.6) is 0 Å². The van der Waals surface area contributed by atoms with Crippen molar-refractivity contribution in [2.45, 2.75) is 20.0 Å². The van der Waals surface area contributed by atoms with Gasteiger partial charge in [0.05, 0.1) is 23.2 Å². The van der Waals surface area contributed by atoms with Crippen LogP contribution in [0, 0.1) is 13.8 Å². The fourth-order valence-corrected chi connectivity index (χ4v) is 3.52. The van der Waals surface area contributed by atoms with E-state index in [0.717, 1.165) is 16.1 Å². The maximum Gasteiger partial charge on any atom is 0.356 e. The topological polar surface area (TPSA) is 114 Å². The third-order valence-electron chi connectivity index (χ3n) is 4.33. The number of benzene rings is 1. The van der Waals surface area contributed by atoms with E-state index in [2.05, 4.69) is 25.0 Å². The van der Waals surface area contributed by atoms with Gasteiger partial charge in [0.1, 0.15) is 6.10 Å². The molecule has 0 aliphatic heterocycles. The van der Waals surface area contributed by atoms with Crippen molar-refractivity contribution >= 4 is 23.2 Å². The van der Waals surface area contributed by atoms with Crippen LogP contribution in [0.3, 0.4) is 0 Å². The van der Waals surface area contributed by atoms with Crippen molar-refractivity contribution < 1.29 is 19.4 Å². The van der Waals surface area contributed by atoms with Crippen LogP contribution in [0.1, 0.15) is 43.1 Å². The van der Waals surface area contributed by atoms with Crippen molar-refractivity contribution in [3.05, 3.63) is 63.4 Å². The molecule has 1 amide bonds. The number of aliphatic hydroxyl groups is 1. The Morgan fingerprint density at radius 2 is 2.03 bits per heavy atom. The van der Waals surface area contributed by atoms with Crippen LogP contribution in [0.2, 0.25) is 0 Å². The Labute approximate surface area is 171 Å². The normalized spacial score (nSPS) is 11.7. The first kappa shape index (κ1) is 20.6. The van der Waals surface area contributed by atoms with Gasteiger partial charge in [0.15, 0.2) is 11.5 Å².